The molecule has 0 bridgehead atoms. The number of anilines is 1. The van der Waals surface area contributed by atoms with Gasteiger partial charge in [-0.3, -0.25) is 9.69 Å². The topological polar surface area (TPSA) is 52.6 Å². The van der Waals surface area contributed by atoms with Crippen LogP contribution >= 0.6 is 0 Å². The van der Waals surface area contributed by atoms with Crippen molar-refractivity contribution in [1.82, 2.24) is 4.90 Å². The van der Waals surface area contributed by atoms with Crippen molar-refractivity contribution in [3.63, 3.8) is 0 Å². The summed E-state index contributed by atoms with van der Waals surface area (Å²) in [5.41, 5.74) is 1.59. The van der Waals surface area contributed by atoms with E-state index in [9.17, 15) is 9.90 Å². The van der Waals surface area contributed by atoms with Crippen molar-refractivity contribution in [2.45, 2.75) is 31.8 Å². The highest BCUT2D eigenvalue weighted by Crippen LogP contribution is 2.44. The third-order valence-electron chi connectivity index (χ3n) is 4.35. The van der Waals surface area contributed by atoms with Gasteiger partial charge in [0, 0.05) is 18.8 Å². The van der Waals surface area contributed by atoms with Gasteiger partial charge >= 0.3 is 0 Å². The number of hydrogen-bond acceptors (Lipinski definition) is 3. The first-order valence-electron chi connectivity index (χ1n) is 7.42. The molecule has 1 aromatic carbocycles. The smallest absolute Gasteiger partial charge is 0.238 e. The van der Waals surface area contributed by atoms with Crippen LogP contribution in [0.2, 0.25) is 0 Å². The molecule has 0 radical (unpaired) electrons. The van der Waals surface area contributed by atoms with Crippen molar-refractivity contribution in [3.8, 4) is 0 Å². The lowest BCUT2D eigenvalue weighted by Gasteiger charge is -2.46. The van der Waals surface area contributed by atoms with Crippen LogP contribution in [0.4, 0.5) is 5.69 Å². The van der Waals surface area contributed by atoms with Crippen LogP contribution in [0.15, 0.2) is 24.3 Å². The first-order chi connectivity index (χ1) is 9.59. The second-order valence-corrected chi connectivity index (χ2v) is 6.12. The second kappa shape index (κ2) is 5.19. The van der Waals surface area contributed by atoms with Crippen LogP contribution in [0.1, 0.15) is 25.3 Å². The fraction of sp³-hybridized carbons (Fsp3) is 0.562. The molecule has 0 spiro atoms. The van der Waals surface area contributed by atoms with Gasteiger partial charge in [-0.05, 0) is 42.9 Å². The zero-order valence-electron chi connectivity index (χ0n) is 11.9. The van der Waals surface area contributed by atoms with E-state index in [0.29, 0.717) is 25.6 Å². The molecular formula is C16H22N2O2. The summed E-state index contributed by atoms with van der Waals surface area (Å²) in [7, 11) is 0. The Hall–Kier alpha value is -1.39. The molecule has 2 N–H and O–H groups in total. The maximum absolute atomic E-state index is 11.9. The van der Waals surface area contributed by atoms with Crippen LogP contribution in [0.3, 0.4) is 0 Å². The van der Waals surface area contributed by atoms with E-state index in [1.54, 1.807) is 0 Å². The monoisotopic (exact) mass is 274 g/mol. The second-order valence-electron chi connectivity index (χ2n) is 6.12. The summed E-state index contributed by atoms with van der Waals surface area (Å²) < 4.78 is 0. The first kappa shape index (κ1) is 13.6. The number of carbonyl (C=O) groups excluding carboxylic acids is 1. The van der Waals surface area contributed by atoms with Gasteiger partial charge < -0.3 is 10.4 Å². The Morgan fingerprint density at radius 2 is 2.00 bits per heavy atom. The predicted molar refractivity (Wildman–Crippen MR) is 78.6 cm³/mol. The zero-order chi connectivity index (χ0) is 14.2. The Balaban J connectivity index is 1.45. The van der Waals surface area contributed by atoms with Crippen molar-refractivity contribution >= 4 is 11.6 Å². The molecule has 4 heteroatoms. The number of likely N-dealkylation sites (tertiary alicyclic amines) is 1. The summed E-state index contributed by atoms with van der Waals surface area (Å²) in [5, 5.41) is 13.1. The van der Waals surface area contributed by atoms with E-state index in [1.807, 2.05) is 29.2 Å². The minimum absolute atomic E-state index is 0.00732. The Kier molecular flexibility index (Phi) is 3.52. The molecule has 20 heavy (non-hydrogen) atoms. The van der Waals surface area contributed by atoms with Gasteiger partial charge in [0.05, 0.1) is 12.1 Å². The number of carbonyl (C=O) groups is 1. The largest absolute Gasteiger partial charge is 0.387 e. The van der Waals surface area contributed by atoms with Crippen LogP contribution in [0, 0.1) is 5.92 Å². The molecule has 108 valence electrons. The summed E-state index contributed by atoms with van der Waals surface area (Å²) in [4.78, 5) is 13.9. The highest BCUT2D eigenvalue weighted by molar-refractivity contribution is 5.92. The summed E-state index contributed by atoms with van der Waals surface area (Å²) >= 11 is 0. The fourth-order valence-corrected chi connectivity index (χ4v) is 2.95. The maximum Gasteiger partial charge on any atom is 0.238 e. The third kappa shape index (κ3) is 2.86. The average Bonchev–Trinajstić information content (AvgIpc) is 3.22. The van der Waals surface area contributed by atoms with Crippen molar-refractivity contribution in [1.29, 1.82) is 0 Å². The predicted octanol–water partition coefficient (Wildman–Crippen LogP) is 1.64. The molecule has 1 aliphatic heterocycles. The number of benzene rings is 1. The lowest BCUT2D eigenvalue weighted by molar-refractivity contribution is -0.132. The minimum Gasteiger partial charge on any atom is -0.387 e. The number of aliphatic hydroxyl groups is 1. The van der Waals surface area contributed by atoms with Crippen LogP contribution in [0.25, 0.3) is 0 Å². The lowest BCUT2D eigenvalue weighted by Crippen LogP contribution is -2.64. The van der Waals surface area contributed by atoms with Crippen molar-refractivity contribution < 1.29 is 9.90 Å². The summed E-state index contributed by atoms with van der Waals surface area (Å²) in [5.74, 6) is 0.468. The van der Waals surface area contributed by atoms with Crippen molar-refractivity contribution in [2.75, 3.05) is 25.0 Å². The molecule has 2 aliphatic rings. The van der Waals surface area contributed by atoms with E-state index in [-0.39, 0.29) is 5.91 Å². The molecule has 2 fully saturated rings. The Bertz CT molecular complexity index is 488. The van der Waals surface area contributed by atoms with Gasteiger partial charge in [-0.15, -0.1) is 0 Å². The molecule has 1 aliphatic carbocycles. The van der Waals surface area contributed by atoms with Crippen LogP contribution in [-0.4, -0.2) is 41.1 Å². The summed E-state index contributed by atoms with van der Waals surface area (Å²) in [6, 6.07) is 7.94. The molecule has 1 amide bonds. The Labute approximate surface area is 119 Å². The number of hydrogen-bond donors (Lipinski definition) is 2. The molecule has 1 heterocycles. The van der Waals surface area contributed by atoms with Crippen LogP contribution < -0.4 is 5.32 Å². The highest BCUT2D eigenvalue weighted by atomic mass is 16.3. The molecule has 0 aromatic heterocycles. The fourth-order valence-electron chi connectivity index (χ4n) is 2.95. The molecule has 1 saturated carbocycles. The number of rotatable bonds is 5. The standard InChI is InChI=1S/C16H22N2O2/c1-2-12-3-7-14(8-4-12)17-15(19)9-18-10-16(20,11-18)13-5-6-13/h3-4,7-8,13,20H,2,5-6,9-11H2,1H3,(H,17,19). The van der Waals surface area contributed by atoms with Gasteiger partial charge in [0.1, 0.15) is 0 Å². The Morgan fingerprint density at radius 3 is 2.55 bits per heavy atom. The third-order valence-corrected chi connectivity index (χ3v) is 4.35. The van der Waals surface area contributed by atoms with Gasteiger partial charge in [-0.1, -0.05) is 19.1 Å². The normalized spacial score (nSPS) is 21.3. The Morgan fingerprint density at radius 1 is 1.35 bits per heavy atom. The van der Waals surface area contributed by atoms with Gasteiger partial charge in [0.2, 0.25) is 5.91 Å². The molecule has 4 nitrogen and oxygen atoms in total. The molecule has 0 atom stereocenters. The number of aryl methyl sites for hydroxylation is 1. The summed E-state index contributed by atoms with van der Waals surface area (Å²) in [6.07, 6.45) is 3.28. The van der Waals surface area contributed by atoms with E-state index >= 15 is 0 Å². The average molecular weight is 274 g/mol. The van der Waals surface area contributed by atoms with E-state index in [2.05, 4.69) is 12.2 Å². The summed E-state index contributed by atoms with van der Waals surface area (Å²) in [6.45, 7) is 3.75. The number of nitrogens with zero attached hydrogens (tertiary/aromatic N) is 1. The van der Waals surface area contributed by atoms with E-state index in [1.165, 1.54) is 5.56 Å². The van der Waals surface area contributed by atoms with E-state index in [4.69, 9.17) is 0 Å². The molecule has 1 saturated heterocycles. The highest BCUT2D eigenvalue weighted by Gasteiger charge is 2.51. The van der Waals surface area contributed by atoms with Gasteiger partial charge in [0.25, 0.3) is 0 Å². The van der Waals surface area contributed by atoms with Crippen LogP contribution in [0.5, 0.6) is 0 Å². The molecule has 0 unspecified atom stereocenters. The molecular weight excluding hydrogens is 252 g/mol. The maximum atomic E-state index is 11.9. The van der Waals surface area contributed by atoms with E-state index in [0.717, 1.165) is 24.9 Å². The van der Waals surface area contributed by atoms with Crippen LogP contribution in [-0.2, 0) is 11.2 Å². The first-order valence-corrected chi connectivity index (χ1v) is 7.42. The number of amides is 1. The quantitative estimate of drug-likeness (QED) is 0.858. The molecule has 1 aromatic rings. The zero-order valence-corrected chi connectivity index (χ0v) is 11.9. The SMILES string of the molecule is CCc1ccc(NC(=O)CN2CC(O)(C3CC3)C2)cc1. The number of nitrogens with one attached hydrogen (secondary N) is 1. The van der Waals surface area contributed by atoms with Crippen molar-refractivity contribution in [3.05, 3.63) is 29.8 Å². The molecule has 3 rings (SSSR count). The minimum atomic E-state index is -0.511. The van der Waals surface area contributed by atoms with E-state index < -0.39 is 5.60 Å². The lowest BCUT2D eigenvalue weighted by atomic mass is 9.89. The number of β-amino-alcohol motifs (C(OH)–C–C–N with tert-alkyl or cyclic N) is 1. The van der Waals surface area contributed by atoms with Gasteiger partial charge in [-0.25, -0.2) is 0 Å². The van der Waals surface area contributed by atoms with Gasteiger partial charge in [-0.2, -0.15) is 0 Å². The van der Waals surface area contributed by atoms with Crippen molar-refractivity contribution in [2.24, 2.45) is 5.92 Å². The van der Waals surface area contributed by atoms with Gasteiger partial charge in [0.15, 0.2) is 0 Å².